The van der Waals surface area contributed by atoms with Crippen molar-refractivity contribution >= 4 is 17.8 Å². The van der Waals surface area contributed by atoms with Gasteiger partial charge in [0.1, 0.15) is 0 Å². The number of hydrogen-bond donors (Lipinski definition) is 0. The van der Waals surface area contributed by atoms with E-state index < -0.39 is 0 Å². The van der Waals surface area contributed by atoms with Crippen molar-refractivity contribution in [1.82, 2.24) is 0 Å². The van der Waals surface area contributed by atoms with Crippen LogP contribution in [0.1, 0.15) is 25.7 Å². The number of quaternary nitrogens is 1. The van der Waals surface area contributed by atoms with Crippen LogP contribution >= 0.6 is 11.6 Å². The van der Waals surface area contributed by atoms with Crippen LogP contribution in [0, 0.1) is 0 Å². The minimum Gasteiger partial charge on any atom is -0.205 e. The van der Waals surface area contributed by atoms with Crippen molar-refractivity contribution < 1.29 is 4.59 Å². The molecule has 0 saturated heterocycles. The number of nitrogens with zero attached hydrogens (tertiary/aromatic N) is 2. The molecule has 0 atom stereocenters. The third kappa shape index (κ3) is 3.92. The summed E-state index contributed by atoms with van der Waals surface area (Å²) >= 11 is 6.09. The smallest absolute Gasteiger partial charge is 0.0923 e. The average Bonchev–Trinajstić information content (AvgIpc) is 2.01. The summed E-state index contributed by atoms with van der Waals surface area (Å²) in [6.45, 7) is 0. The summed E-state index contributed by atoms with van der Waals surface area (Å²) in [7, 11) is 6.11. The van der Waals surface area contributed by atoms with Crippen LogP contribution < -0.4 is 0 Å². The first kappa shape index (κ1) is 10.7. The van der Waals surface area contributed by atoms with Gasteiger partial charge in [0.25, 0.3) is 0 Å². The van der Waals surface area contributed by atoms with Crippen LogP contribution in [0.5, 0.6) is 0 Å². The van der Waals surface area contributed by atoms with Crippen LogP contribution in [0.2, 0.25) is 0 Å². The average molecular weight is 202 g/mol. The Hall–Kier alpha value is -0.340. The van der Waals surface area contributed by atoms with E-state index in [-0.39, 0.29) is 0 Å². The maximum Gasteiger partial charge on any atom is 0.0923 e. The van der Waals surface area contributed by atoms with Crippen LogP contribution in [-0.4, -0.2) is 31.9 Å². The molecule has 0 bridgehead atoms. The van der Waals surface area contributed by atoms with Gasteiger partial charge in [0.15, 0.2) is 0 Å². The maximum absolute atomic E-state index is 6.09. The lowest BCUT2D eigenvalue weighted by atomic mass is 10.0. The molecule has 0 fully saturated rings. The molecule has 0 aromatic heterocycles. The van der Waals surface area contributed by atoms with Crippen molar-refractivity contribution in [1.29, 1.82) is 0 Å². The Kier molecular flexibility index (Phi) is 3.51. The zero-order chi connectivity index (χ0) is 9.90. The highest BCUT2D eigenvalue weighted by molar-refractivity contribution is 6.31. The molecule has 13 heavy (non-hydrogen) atoms. The predicted molar refractivity (Wildman–Crippen MR) is 57.9 cm³/mol. The standard InChI is InChI=1S/C10H18ClN2/c1-13(2,3)12-8-9-6-4-5-7-10(9)11/h8H,4-7H2,1-3H3/q+1. The van der Waals surface area contributed by atoms with E-state index >= 15 is 0 Å². The quantitative estimate of drug-likeness (QED) is 0.370. The summed E-state index contributed by atoms with van der Waals surface area (Å²) in [5.41, 5.74) is 1.22. The van der Waals surface area contributed by atoms with Gasteiger partial charge in [-0.15, -0.1) is 0 Å². The Labute approximate surface area is 85.5 Å². The third-order valence-electron chi connectivity index (χ3n) is 2.00. The van der Waals surface area contributed by atoms with Crippen LogP contribution in [0.4, 0.5) is 0 Å². The second-order valence-electron chi connectivity index (χ2n) is 4.32. The molecule has 0 amide bonds. The SMILES string of the molecule is C[N+](C)(C)N=CC1=C(Cl)CCCC1. The highest BCUT2D eigenvalue weighted by Crippen LogP contribution is 2.26. The van der Waals surface area contributed by atoms with Gasteiger partial charge < -0.3 is 0 Å². The van der Waals surface area contributed by atoms with Crippen LogP contribution in [-0.2, 0) is 0 Å². The van der Waals surface area contributed by atoms with E-state index in [2.05, 4.69) is 5.10 Å². The molecule has 0 heterocycles. The van der Waals surface area contributed by atoms with Gasteiger partial charge in [-0.1, -0.05) is 16.7 Å². The molecule has 2 nitrogen and oxygen atoms in total. The molecule has 0 N–H and O–H groups in total. The van der Waals surface area contributed by atoms with E-state index in [0.717, 1.165) is 17.9 Å². The minimum absolute atomic E-state index is 0.605. The lowest BCUT2D eigenvalue weighted by Crippen LogP contribution is -2.27. The van der Waals surface area contributed by atoms with E-state index in [4.69, 9.17) is 11.6 Å². The topological polar surface area (TPSA) is 12.4 Å². The minimum atomic E-state index is 0.605. The van der Waals surface area contributed by atoms with Gasteiger partial charge >= 0.3 is 0 Å². The molecular weight excluding hydrogens is 184 g/mol. The Bertz CT molecular complexity index is 236. The van der Waals surface area contributed by atoms with Gasteiger partial charge in [-0.2, -0.15) is 0 Å². The monoisotopic (exact) mass is 201 g/mol. The highest BCUT2D eigenvalue weighted by atomic mass is 35.5. The first-order chi connectivity index (χ1) is 5.99. The van der Waals surface area contributed by atoms with E-state index in [1.165, 1.54) is 18.4 Å². The Morgan fingerprint density at radius 1 is 1.23 bits per heavy atom. The van der Waals surface area contributed by atoms with Crippen LogP contribution in [0.15, 0.2) is 15.7 Å². The molecule has 0 aliphatic heterocycles. The molecule has 0 saturated carbocycles. The van der Waals surface area contributed by atoms with Gasteiger partial charge in [0, 0.05) is 5.03 Å². The summed E-state index contributed by atoms with van der Waals surface area (Å²) in [5.74, 6) is 0. The molecule has 0 spiro atoms. The zero-order valence-electron chi connectivity index (χ0n) is 8.68. The molecule has 0 radical (unpaired) electrons. The summed E-state index contributed by atoms with van der Waals surface area (Å²) in [6, 6.07) is 0. The summed E-state index contributed by atoms with van der Waals surface area (Å²) in [5, 5.41) is 5.40. The fraction of sp³-hybridized carbons (Fsp3) is 0.700. The molecule has 3 heteroatoms. The van der Waals surface area contributed by atoms with Crippen molar-refractivity contribution in [2.75, 3.05) is 21.1 Å². The summed E-state index contributed by atoms with van der Waals surface area (Å²) < 4.78 is 0.605. The molecule has 0 unspecified atom stereocenters. The van der Waals surface area contributed by atoms with Crippen LogP contribution in [0.25, 0.3) is 0 Å². The Morgan fingerprint density at radius 2 is 1.85 bits per heavy atom. The first-order valence-electron chi connectivity index (χ1n) is 4.73. The van der Waals surface area contributed by atoms with Gasteiger partial charge in [-0.3, -0.25) is 0 Å². The first-order valence-corrected chi connectivity index (χ1v) is 5.11. The summed E-state index contributed by atoms with van der Waals surface area (Å²) in [4.78, 5) is 0. The van der Waals surface area contributed by atoms with Crippen molar-refractivity contribution in [2.45, 2.75) is 25.7 Å². The second kappa shape index (κ2) is 4.25. The molecule has 0 aromatic rings. The van der Waals surface area contributed by atoms with E-state index in [1.54, 1.807) is 0 Å². The molecule has 74 valence electrons. The molecular formula is C10H18ClN2+. The molecule has 1 rings (SSSR count). The fourth-order valence-electron chi connectivity index (χ4n) is 1.27. The van der Waals surface area contributed by atoms with Crippen molar-refractivity contribution in [3.8, 4) is 0 Å². The second-order valence-corrected chi connectivity index (χ2v) is 4.78. The Balaban J connectivity index is 2.67. The van der Waals surface area contributed by atoms with Gasteiger partial charge in [0.05, 0.1) is 27.4 Å². The van der Waals surface area contributed by atoms with Crippen molar-refractivity contribution in [3.63, 3.8) is 0 Å². The normalized spacial score (nSPS) is 20.0. The number of allylic oxidation sites excluding steroid dienone is 2. The predicted octanol–water partition coefficient (Wildman–Crippen LogP) is 2.75. The van der Waals surface area contributed by atoms with Crippen LogP contribution in [0.3, 0.4) is 0 Å². The number of halogens is 1. The maximum atomic E-state index is 6.09. The van der Waals surface area contributed by atoms with Crippen molar-refractivity contribution in [2.24, 2.45) is 5.10 Å². The number of hydrogen-bond acceptors (Lipinski definition) is 1. The van der Waals surface area contributed by atoms with E-state index in [1.807, 2.05) is 27.4 Å². The fourth-order valence-corrected chi connectivity index (χ4v) is 1.55. The van der Waals surface area contributed by atoms with Crippen molar-refractivity contribution in [3.05, 3.63) is 10.6 Å². The third-order valence-corrected chi connectivity index (χ3v) is 2.43. The lowest BCUT2D eigenvalue weighted by molar-refractivity contribution is -0.876. The van der Waals surface area contributed by atoms with Gasteiger partial charge in [-0.05, 0) is 31.3 Å². The molecule has 1 aliphatic carbocycles. The lowest BCUT2D eigenvalue weighted by Gasteiger charge is -2.16. The number of rotatable bonds is 2. The highest BCUT2D eigenvalue weighted by Gasteiger charge is 2.10. The largest absolute Gasteiger partial charge is 0.205 e. The van der Waals surface area contributed by atoms with Gasteiger partial charge in [-0.25, -0.2) is 4.59 Å². The molecule has 0 aromatic carbocycles. The van der Waals surface area contributed by atoms with E-state index in [0.29, 0.717) is 4.59 Å². The van der Waals surface area contributed by atoms with E-state index in [9.17, 15) is 0 Å². The Morgan fingerprint density at radius 3 is 2.38 bits per heavy atom. The molecule has 1 aliphatic rings. The van der Waals surface area contributed by atoms with Gasteiger partial charge in [0.2, 0.25) is 0 Å². The zero-order valence-corrected chi connectivity index (χ0v) is 9.43. The summed E-state index contributed by atoms with van der Waals surface area (Å²) in [6.07, 6.45) is 6.51.